The van der Waals surface area contributed by atoms with Crippen LogP contribution < -0.4 is 10.6 Å². The monoisotopic (exact) mass is 339 g/mol. The maximum absolute atomic E-state index is 12.1. The van der Waals surface area contributed by atoms with E-state index in [2.05, 4.69) is 15.6 Å². The van der Waals surface area contributed by atoms with Gasteiger partial charge in [0.2, 0.25) is 0 Å². The molecule has 0 spiro atoms. The Morgan fingerprint density at radius 2 is 1.92 bits per heavy atom. The van der Waals surface area contributed by atoms with Crippen LogP contribution in [0.25, 0.3) is 0 Å². The Kier molecular flexibility index (Phi) is 4.64. The van der Waals surface area contributed by atoms with E-state index in [1.165, 1.54) is 0 Å². The molecule has 0 saturated heterocycles. The summed E-state index contributed by atoms with van der Waals surface area (Å²) in [6, 6.07) is 15.6. The number of nitrogens with one attached hydrogen (secondary N) is 2. The molecule has 2 aromatic carbocycles. The van der Waals surface area contributed by atoms with Gasteiger partial charge < -0.3 is 10.6 Å². The number of hydrogen-bond donors (Lipinski definition) is 2. The van der Waals surface area contributed by atoms with Crippen LogP contribution in [0, 0.1) is 11.3 Å². The molecule has 24 heavy (non-hydrogen) atoms. The number of nitriles is 1. The standard InChI is InChI=1S/C17H14ClN5O/c18-23-9-8-20-16(23)13-2-1-3-15(10-13)22-17(24)21-14-6-4-12(11-19)5-7-14/h1-7,10H,8-9H2,(H2,21,22,24). The molecular weight excluding hydrogens is 326 g/mol. The van der Waals surface area contributed by atoms with Crippen LogP contribution in [0.3, 0.4) is 0 Å². The average molecular weight is 340 g/mol. The van der Waals surface area contributed by atoms with E-state index >= 15 is 0 Å². The van der Waals surface area contributed by atoms with E-state index in [9.17, 15) is 4.79 Å². The summed E-state index contributed by atoms with van der Waals surface area (Å²) in [6.07, 6.45) is 0. The first-order valence-electron chi connectivity index (χ1n) is 7.32. The number of hydrogen-bond acceptors (Lipinski definition) is 4. The van der Waals surface area contributed by atoms with Crippen molar-refractivity contribution in [2.45, 2.75) is 0 Å². The van der Waals surface area contributed by atoms with Crippen molar-refractivity contribution >= 4 is 35.0 Å². The van der Waals surface area contributed by atoms with Gasteiger partial charge in [-0.15, -0.1) is 0 Å². The van der Waals surface area contributed by atoms with Gasteiger partial charge in [-0.3, -0.25) is 9.41 Å². The van der Waals surface area contributed by atoms with E-state index in [0.717, 1.165) is 5.56 Å². The summed E-state index contributed by atoms with van der Waals surface area (Å²) in [7, 11) is 0. The Balaban J connectivity index is 1.67. The van der Waals surface area contributed by atoms with Crippen molar-refractivity contribution in [1.82, 2.24) is 4.42 Å². The summed E-state index contributed by atoms with van der Waals surface area (Å²) in [4.78, 5) is 16.4. The normalized spacial score (nSPS) is 13.2. The lowest BCUT2D eigenvalue weighted by Gasteiger charge is -2.12. The molecular formula is C17H14ClN5O. The van der Waals surface area contributed by atoms with E-state index in [0.29, 0.717) is 35.9 Å². The Morgan fingerprint density at radius 1 is 1.17 bits per heavy atom. The van der Waals surface area contributed by atoms with E-state index in [4.69, 9.17) is 17.0 Å². The van der Waals surface area contributed by atoms with Gasteiger partial charge in [-0.05, 0) is 36.4 Å². The maximum atomic E-state index is 12.1. The maximum Gasteiger partial charge on any atom is 0.323 e. The van der Waals surface area contributed by atoms with Gasteiger partial charge in [0.05, 0.1) is 24.7 Å². The molecule has 120 valence electrons. The minimum atomic E-state index is -0.368. The molecule has 1 aliphatic rings. The minimum Gasteiger partial charge on any atom is -0.308 e. The number of amides is 2. The van der Waals surface area contributed by atoms with Gasteiger partial charge in [0, 0.05) is 28.7 Å². The lowest BCUT2D eigenvalue weighted by atomic mass is 10.2. The molecule has 3 rings (SSSR count). The largest absolute Gasteiger partial charge is 0.323 e. The van der Waals surface area contributed by atoms with Crippen LogP contribution in [-0.2, 0) is 0 Å². The number of rotatable bonds is 3. The molecule has 1 aliphatic heterocycles. The number of amidine groups is 1. The van der Waals surface area contributed by atoms with Crippen LogP contribution in [0.15, 0.2) is 53.5 Å². The van der Waals surface area contributed by atoms with Gasteiger partial charge in [-0.2, -0.15) is 5.26 Å². The first kappa shape index (κ1) is 15.8. The fourth-order valence-electron chi connectivity index (χ4n) is 2.32. The van der Waals surface area contributed by atoms with Crippen LogP contribution in [0.2, 0.25) is 0 Å². The first-order chi connectivity index (χ1) is 11.7. The van der Waals surface area contributed by atoms with Crippen molar-refractivity contribution in [2.24, 2.45) is 4.99 Å². The lowest BCUT2D eigenvalue weighted by molar-refractivity contribution is 0.262. The molecule has 2 aromatic rings. The van der Waals surface area contributed by atoms with Crippen molar-refractivity contribution in [3.8, 4) is 6.07 Å². The predicted octanol–water partition coefficient (Wildman–Crippen LogP) is 3.42. The number of carbonyl (C=O) groups excluding carboxylic acids is 1. The number of aliphatic imine (C=N–C) groups is 1. The third-order valence-corrected chi connectivity index (χ3v) is 3.77. The van der Waals surface area contributed by atoms with E-state index in [1.54, 1.807) is 34.8 Å². The van der Waals surface area contributed by atoms with Crippen molar-refractivity contribution in [3.05, 3.63) is 59.7 Å². The molecule has 0 aliphatic carbocycles. The lowest BCUT2D eigenvalue weighted by Crippen LogP contribution is -2.20. The van der Waals surface area contributed by atoms with E-state index in [-0.39, 0.29) is 6.03 Å². The van der Waals surface area contributed by atoms with Gasteiger partial charge >= 0.3 is 6.03 Å². The highest BCUT2D eigenvalue weighted by molar-refractivity contribution is 6.26. The second-order valence-electron chi connectivity index (χ2n) is 5.14. The van der Waals surface area contributed by atoms with Crippen LogP contribution in [0.5, 0.6) is 0 Å². The van der Waals surface area contributed by atoms with Crippen LogP contribution >= 0.6 is 11.8 Å². The van der Waals surface area contributed by atoms with Crippen LogP contribution in [-0.4, -0.2) is 29.4 Å². The number of benzene rings is 2. The zero-order valence-electron chi connectivity index (χ0n) is 12.7. The smallest absolute Gasteiger partial charge is 0.308 e. The zero-order chi connectivity index (χ0) is 16.9. The van der Waals surface area contributed by atoms with E-state index in [1.807, 2.05) is 24.3 Å². The molecule has 0 fully saturated rings. The third-order valence-electron chi connectivity index (χ3n) is 3.44. The van der Waals surface area contributed by atoms with Gasteiger partial charge in [-0.25, -0.2) is 4.79 Å². The number of carbonyl (C=O) groups is 1. The van der Waals surface area contributed by atoms with Crippen LogP contribution in [0.4, 0.5) is 16.2 Å². The van der Waals surface area contributed by atoms with E-state index < -0.39 is 0 Å². The van der Waals surface area contributed by atoms with Crippen molar-refractivity contribution < 1.29 is 4.79 Å². The number of anilines is 2. The Bertz CT molecular complexity index is 826. The number of urea groups is 1. The summed E-state index contributed by atoms with van der Waals surface area (Å²) in [5, 5.41) is 14.2. The molecule has 0 radical (unpaired) electrons. The van der Waals surface area contributed by atoms with Gasteiger partial charge in [0.1, 0.15) is 5.84 Å². The Morgan fingerprint density at radius 3 is 2.58 bits per heavy atom. The third kappa shape index (κ3) is 3.65. The van der Waals surface area contributed by atoms with Gasteiger partial charge in [-0.1, -0.05) is 12.1 Å². The molecule has 6 nitrogen and oxygen atoms in total. The average Bonchev–Trinajstić information content (AvgIpc) is 3.02. The molecule has 0 aromatic heterocycles. The summed E-state index contributed by atoms with van der Waals surface area (Å²) < 4.78 is 1.57. The van der Waals surface area contributed by atoms with Gasteiger partial charge in [0.15, 0.2) is 0 Å². The minimum absolute atomic E-state index is 0.368. The highest BCUT2D eigenvalue weighted by Gasteiger charge is 2.17. The summed E-state index contributed by atoms with van der Waals surface area (Å²) in [6.45, 7) is 1.34. The molecule has 0 atom stereocenters. The molecule has 0 saturated carbocycles. The second-order valence-corrected chi connectivity index (χ2v) is 5.55. The zero-order valence-corrected chi connectivity index (χ0v) is 13.4. The highest BCUT2D eigenvalue weighted by Crippen LogP contribution is 2.18. The molecule has 2 amide bonds. The Labute approximate surface area is 144 Å². The molecule has 0 bridgehead atoms. The topological polar surface area (TPSA) is 80.5 Å². The second kappa shape index (κ2) is 7.02. The summed E-state index contributed by atoms with van der Waals surface area (Å²) >= 11 is 6.08. The molecule has 2 N–H and O–H groups in total. The quantitative estimate of drug-likeness (QED) is 0.841. The number of halogens is 1. The predicted molar refractivity (Wildman–Crippen MR) is 94.2 cm³/mol. The molecule has 7 heteroatoms. The fourth-order valence-corrected chi connectivity index (χ4v) is 2.54. The Hall–Kier alpha value is -3.04. The summed E-state index contributed by atoms with van der Waals surface area (Å²) in [5.41, 5.74) is 2.63. The number of nitrogens with zero attached hydrogens (tertiary/aromatic N) is 3. The molecule has 1 heterocycles. The van der Waals surface area contributed by atoms with Crippen LogP contribution in [0.1, 0.15) is 11.1 Å². The van der Waals surface area contributed by atoms with Crippen molar-refractivity contribution in [3.63, 3.8) is 0 Å². The summed E-state index contributed by atoms with van der Waals surface area (Å²) in [5.74, 6) is 0.702. The fraction of sp³-hybridized carbons (Fsp3) is 0.118. The first-order valence-corrected chi connectivity index (χ1v) is 7.66. The highest BCUT2D eigenvalue weighted by atomic mass is 35.5. The molecule has 0 unspecified atom stereocenters. The van der Waals surface area contributed by atoms with Crippen molar-refractivity contribution in [2.75, 3.05) is 23.7 Å². The SMILES string of the molecule is N#Cc1ccc(NC(=O)Nc2cccc(C3=NCCN3Cl)c2)cc1. The van der Waals surface area contributed by atoms with Crippen molar-refractivity contribution in [1.29, 1.82) is 5.26 Å². The van der Waals surface area contributed by atoms with Gasteiger partial charge in [0.25, 0.3) is 0 Å².